The summed E-state index contributed by atoms with van der Waals surface area (Å²) < 4.78 is 0. The number of nitrogens with one attached hydrogen (secondary N) is 4. The number of unbranched alkanes of at least 4 members (excludes halogenated alkanes) is 3. The van der Waals surface area contributed by atoms with Crippen LogP contribution < -0.4 is 27.4 Å². The number of aromatic nitrogens is 2. The zero-order chi connectivity index (χ0) is 20.2. The third-order valence-electron chi connectivity index (χ3n) is 3.56. The highest BCUT2D eigenvalue weighted by Crippen LogP contribution is 2.17. The smallest absolute Gasteiger partial charge is 0.280 e. The number of halogens is 1. The first-order valence-electron chi connectivity index (χ1n) is 8.84. The van der Waals surface area contributed by atoms with Gasteiger partial charge in [-0.15, -0.1) is 0 Å². The number of hydrogen-bond donors (Lipinski definition) is 6. The Morgan fingerprint density at radius 1 is 1.04 bits per heavy atom. The molecule has 0 saturated carbocycles. The summed E-state index contributed by atoms with van der Waals surface area (Å²) in [6.45, 7) is 3.19. The van der Waals surface area contributed by atoms with Crippen molar-refractivity contribution < 1.29 is 9.59 Å². The fraction of sp³-hybridized carbons (Fsp3) is 0.562. The summed E-state index contributed by atoms with van der Waals surface area (Å²) >= 11 is 5.73. The van der Waals surface area contributed by atoms with Gasteiger partial charge in [-0.1, -0.05) is 31.4 Å². The van der Waals surface area contributed by atoms with E-state index in [-0.39, 0.29) is 34.3 Å². The van der Waals surface area contributed by atoms with Crippen molar-refractivity contribution in [2.45, 2.75) is 45.4 Å². The second-order valence-electron chi connectivity index (χ2n) is 5.90. The molecule has 1 aromatic heterocycles. The molecule has 0 atom stereocenters. The largest absolute Gasteiger partial charge is 0.382 e. The molecule has 0 aliphatic rings. The van der Waals surface area contributed by atoms with Crippen molar-refractivity contribution in [2.24, 2.45) is 0 Å². The van der Waals surface area contributed by atoms with E-state index in [1.54, 1.807) is 0 Å². The standard InChI is InChI=1S/C16H27ClN8O2/c1-2-7-10(26)21-8-5-3-4-6-9-22-16(20)25-15(27)11-13(18)24-14(19)12(17)23-11/h2-9H2,1H3,(H,21,26)(H4,18,19,24)(H3,20,22,25,27). The Morgan fingerprint density at radius 3 is 2.30 bits per heavy atom. The van der Waals surface area contributed by atoms with Crippen LogP contribution in [0.25, 0.3) is 0 Å². The molecule has 27 heavy (non-hydrogen) atoms. The first-order chi connectivity index (χ1) is 12.8. The molecule has 0 aromatic carbocycles. The average Bonchev–Trinajstić information content (AvgIpc) is 2.60. The molecule has 0 fully saturated rings. The van der Waals surface area contributed by atoms with Gasteiger partial charge in [0, 0.05) is 19.5 Å². The molecule has 1 heterocycles. The Morgan fingerprint density at radius 2 is 1.67 bits per heavy atom. The van der Waals surface area contributed by atoms with E-state index in [0.717, 1.165) is 32.1 Å². The van der Waals surface area contributed by atoms with Crippen molar-refractivity contribution in [1.82, 2.24) is 25.9 Å². The number of nitrogens with zero attached hydrogens (tertiary/aromatic N) is 2. The zero-order valence-electron chi connectivity index (χ0n) is 15.4. The Labute approximate surface area is 163 Å². The molecule has 0 unspecified atom stereocenters. The molecule has 11 heteroatoms. The molecule has 0 radical (unpaired) electrons. The van der Waals surface area contributed by atoms with Crippen LogP contribution in [-0.2, 0) is 4.79 Å². The van der Waals surface area contributed by atoms with Gasteiger partial charge in [-0.25, -0.2) is 9.97 Å². The number of hydrogen-bond acceptors (Lipinski definition) is 7. The van der Waals surface area contributed by atoms with Gasteiger partial charge in [-0.3, -0.25) is 20.3 Å². The minimum Gasteiger partial charge on any atom is -0.382 e. The zero-order valence-corrected chi connectivity index (χ0v) is 16.2. The Balaban J connectivity index is 2.18. The van der Waals surface area contributed by atoms with Crippen molar-refractivity contribution >= 4 is 41.0 Å². The third kappa shape index (κ3) is 8.54. The quantitative estimate of drug-likeness (QED) is 0.194. The van der Waals surface area contributed by atoms with E-state index in [1.807, 2.05) is 6.92 Å². The second kappa shape index (κ2) is 11.9. The number of nitrogens with two attached hydrogens (primary N) is 2. The minimum absolute atomic E-state index is 0.0659. The molecule has 0 aliphatic carbocycles. The van der Waals surface area contributed by atoms with Gasteiger partial charge in [0.25, 0.3) is 5.91 Å². The number of anilines is 2. The first-order valence-corrected chi connectivity index (χ1v) is 9.21. The predicted octanol–water partition coefficient (Wildman–Crippen LogP) is 1.03. The lowest BCUT2D eigenvalue weighted by Crippen LogP contribution is -2.41. The maximum Gasteiger partial charge on any atom is 0.280 e. The van der Waals surface area contributed by atoms with Crippen molar-refractivity contribution in [1.29, 1.82) is 5.41 Å². The summed E-state index contributed by atoms with van der Waals surface area (Å²) in [5.74, 6) is -0.989. The van der Waals surface area contributed by atoms with Crippen molar-refractivity contribution in [2.75, 3.05) is 24.6 Å². The maximum absolute atomic E-state index is 12.0. The lowest BCUT2D eigenvalue weighted by atomic mass is 10.2. The molecule has 150 valence electrons. The molecular formula is C16H27ClN8O2. The summed E-state index contributed by atoms with van der Waals surface area (Å²) in [5, 5.41) is 15.6. The van der Waals surface area contributed by atoms with Crippen LogP contribution in [0.15, 0.2) is 0 Å². The molecule has 8 N–H and O–H groups in total. The van der Waals surface area contributed by atoms with Crippen LogP contribution in [0, 0.1) is 5.41 Å². The maximum atomic E-state index is 12.0. The number of carbonyl (C=O) groups is 2. The Bertz CT molecular complexity index is 668. The summed E-state index contributed by atoms with van der Waals surface area (Å²) in [6, 6.07) is 0. The molecule has 0 saturated heterocycles. The third-order valence-corrected chi connectivity index (χ3v) is 3.84. The number of amides is 2. The molecule has 1 aromatic rings. The van der Waals surface area contributed by atoms with Gasteiger partial charge in [0.05, 0.1) is 0 Å². The molecule has 0 spiro atoms. The van der Waals surface area contributed by atoms with E-state index < -0.39 is 5.91 Å². The fourth-order valence-corrected chi connectivity index (χ4v) is 2.31. The van der Waals surface area contributed by atoms with Gasteiger partial charge in [-0.2, -0.15) is 0 Å². The van der Waals surface area contributed by atoms with Crippen molar-refractivity contribution in [3.8, 4) is 0 Å². The van der Waals surface area contributed by atoms with E-state index in [0.29, 0.717) is 19.5 Å². The highest BCUT2D eigenvalue weighted by molar-refractivity contribution is 6.31. The van der Waals surface area contributed by atoms with Crippen LogP contribution in [-0.4, -0.2) is 40.8 Å². The van der Waals surface area contributed by atoms with Gasteiger partial charge in [0.1, 0.15) is 0 Å². The van der Waals surface area contributed by atoms with E-state index in [1.165, 1.54) is 0 Å². The first kappa shape index (κ1) is 22.4. The highest BCUT2D eigenvalue weighted by atomic mass is 35.5. The minimum atomic E-state index is -0.692. The van der Waals surface area contributed by atoms with Gasteiger partial charge >= 0.3 is 0 Å². The molecule has 10 nitrogen and oxygen atoms in total. The van der Waals surface area contributed by atoms with E-state index in [2.05, 4.69) is 25.9 Å². The monoisotopic (exact) mass is 398 g/mol. The lowest BCUT2D eigenvalue weighted by Gasteiger charge is -2.10. The van der Waals surface area contributed by atoms with E-state index in [4.69, 9.17) is 28.5 Å². The van der Waals surface area contributed by atoms with Crippen LogP contribution in [0.4, 0.5) is 11.6 Å². The van der Waals surface area contributed by atoms with Gasteiger partial charge in [0.15, 0.2) is 28.4 Å². The topological polar surface area (TPSA) is 172 Å². The van der Waals surface area contributed by atoms with Crippen LogP contribution in [0.2, 0.25) is 5.15 Å². The summed E-state index contributed by atoms with van der Waals surface area (Å²) in [6.07, 6.45) is 5.09. The molecule has 1 rings (SSSR count). The van der Waals surface area contributed by atoms with Crippen LogP contribution in [0.1, 0.15) is 55.9 Å². The van der Waals surface area contributed by atoms with Crippen LogP contribution in [0.3, 0.4) is 0 Å². The van der Waals surface area contributed by atoms with Gasteiger partial charge in [0.2, 0.25) is 5.91 Å². The summed E-state index contributed by atoms with van der Waals surface area (Å²) in [4.78, 5) is 30.8. The number of carbonyl (C=O) groups excluding carboxylic acids is 2. The molecule has 0 bridgehead atoms. The van der Waals surface area contributed by atoms with Crippen LogP contribution in [0.5, 0.6) is 0 Å². The lowest BCUT2D eigenvalue weighted by molar-refractivity contribution is -0.121. The van der Waals surface area contributed by atoms with E-state index >= 15 is 0 Å². The normalized spacial score (nSPS) is 10.3. The summed E-state index contributed by atoms with van der Waals surface area (Å²) in [7, 11) is 0. The van der Waals surface area contributed by atoms with Crippen LogP contribution >= 0.6 is 11.6 Å². The van der Waals surface area contributed by atoms with E-state index in [9.17, 15) is 9.59 Å². The number of guanidine groups is 1. The average molecular weight is 399 g/mol. The fourth-order valence-electron chi connectivity index (χ4n) is 2.19. The Hall–Kier alpha value is -2.62. The van der Waals surface area contributed by atoms with Gasteiger partial charge < -0.3 is 22.1 Å². The Kier molecular flexibility index (Phi) is 9.88. The number of nitrogen functional groups attached to an aromatic ring is 2. The summed E-state index contributed by atoms with van der Waals surface area (Å²) in [5.41, 5.74) is 10.9. The molecular weight excluding hydrogens is 372 g/mol. The molecule has 2 amide bonds. The SMILES string of the molecule is CCCC(=O)NCCCCCCNC(=N)NC(=O)c1nc(Cl)c(N)nc1N. The highest BCUT2D eigenvalue weighted by Gasteiger charge is 2.16. The van der Waals surface area contributed by atoms with Crippen molar-refractivity contribution in [3.63, 3.8) is 0 Å². The second-order valence-corrected chi connectivity index (χ2v) is 6.26. The molecule has 0 aliphatic heterocycles. The van der Waals surface area contributed by atoms with Gasteiger partial charge in [-0.05, 0) is 19.3 Å². The predicted molar refractivity (Wildman–Crippen MR) is 105 cm³/mol. The number of rotatable bonds is 10. The van der Waals surface area contributed by atoms with Crippen molar-refractivity contribution in [3.05, 3.63) is 10.8 Å².